The number of rotatable bonds is 3. The number of benzene rings is 2. The minimum absolute atomic E-state index is 0.0651. The number of Topliss-reactive ketones (excluding diaryl/α,β-unsaturated/α-hetero) is 1. The molecule has 130 valence electrons. The highest BCUT2D eigenvalue weighted by Crippen LogP contribution is 2.26. The van der Waals surface area contributed by atoms with Gasteiger partial charge in [-0.25, -0.2) is 26.3 Å². The predicted molar refractivity (Wildman–Crippen MR) is 80.4 cm³/mol. The van der Waals surface area contributed by atoms with Crippen LogP contribution in [0.1, 0.15) is 41.3 Å². The lowest BCUT2D eigenvalue weighted by molar-refractivity contribution is 0.101. The lowest BCUT2D eigenvalue weighted by Crippen LogP contribution is -2.01. The average molecular weight is 413 g/mol. The molecule has 0 radical (unpaired) electrons. The molecule has 0 atom stereocenters. The number of ketones is 1. The molecular weight excluding hydrogens is 402 g/mol. The lowest BCUT2D eigenvalue weighted by Gasteiger charge is -2.04. The minimum Gasteiger partial charge on any atom is -0.294 e. The highest BCUT2D eigenvalue weighted by Gasteiger charge is 2.17. The Balaban J connectivity index is 0.000000243. The van der Waals surface area contributed by atoms with Crippen molar-refractivity contribution in [1.82, 2.24) is 0 Å². The Morgan fingerprint density at radius 1 is 0.875 bits per heavy atom. The van der Waals surface area contributed by atoms with Gasteiger partial charge in [-0.15, -0.1) is 0 Å². The van der Waals surface area contributed by atoms with E-state index in [9.17, 15) is 31.1 Å². The Hall–Kier alpha value is -1.83. The fourth-order valence-corrected chi connectivity index (χ4v) is 2.06. The monoisotopic (exact) mass is 412 g/mol. The minimum atomic E-state index is -2.89. The van der Waals surface area contributed by atoms with Gasteiger partial charge in [-0.05, 0) is 35.0 Å². The highest BCUT2D eigenvalue weighted by molar-refractivity contribution is 9.10. The molecule has 0 aliphatic heterocycles. The van der Waals surface area contributed by atoms with E-state index in [1.54, 1.807) is 0 Å². The second kappa shape index (κ2) is 8.86. The Kier molecular flexibility index (Phi) is 7.47. The Bertz CT molecular complexity index is 718. The van der Waals surface area contributed by atoms with Gasteiger partial charge in [0.2, 0.25) is 0 Å². The Morgan fingerprint density at radius 3 is 1.75 bits per heavy atom. The van der Waals surface area contributed by atoms with Gasteiger partial charge in [-0.3, -0.25) is 4.79 Å². The van der Waals surface area contributed by atoms with E-state index in [0.29, 0.717) is 0 Å². The van der Waals surface area contributed by atoms with Crippen LogP contribution in [0.5, 0.6) is 0 Å². The summed E-state index contributed by atoms with van der Waals surface area (Å²) >= 11 is 2.81. The molecule has 0 bridgehead atoms. The molecule has 1 nitrogen and oxygen atoms in total. The summed E-state index contributed by atoms with van der Waals surface area (Å²) in [6, 6.07) is 7.19. The van der Waals surface area contributed by atoms with Gasteiger partial charge in [-0.1, -0.05) is 24.3 Å². The van der Waals surface area contributed by atoms with E-state index in [4.69, 9.17) is 0 Å². The first-order valence-electron chi connectivity index (χ1n) is 6.46. The number of carbonyl (C=O) groups excluding carboxylic acids is 1. The van der Waals surface area contributed by atoms with Gasteiger partial charge in [0.15, 0.2) is 5.78 Å². The van der Waals surface area contributed by atoms with Crippen LogP contribution in [0, 0.1) is 11.6 Å². The maximum Gasteiger partial charge on any atom is 0.266 e. The lowest BCUT2D eigenvalue weighted by atomic mass is 10.1. The number of hydrogen-bond donors (Lipinski definition) is 0. The van der Waals surface area contributed by atoms with Crippen LogP contribution in [-0.2, 0) is 0 Å². The molecule has 0 aromatic heterocycles. The third-order valence-corrected chi connectivity index (χ3v) is 3.47. The van der Waals surface area contributed by atoms with Gasteiger partial charge in [-0.2, -0.15) is 0 Å². The third kappa shape index (κ3) is 5.09. The zero-order valence-corrected chi connectivity index (χ0v) is 13.8. The summed E-state index contributed by atoms with van der Waals surface area (Å²) in [5, 5.41) is 0. The molecule has 0 aliphatic carbocycles. The molecule has 2 rings (SSSR count). The maximum absolute atomic E-state index is 13.1. The van der Waals surface area contributed by atoms with Crippen LogP contribution < -0.4 is 0 Å². The van der Waals surface area contributed by atoms with E-state index in [1.165, 1.54) is 24.3 Å². The summed E-state index contributed by atoms with van der Waals surface area (Å²) < 4.78 is 74.0. The quantitative estimate of drug-likeness (QED) is 0.415. The van der Waals surface area contributed by atoms with Crippen molar-refractivity contribution < 1.29 is 31.1 Å². The molecule has 0 amide bonds. The second-order valence-electron chi connectivity index (χ2n) is 4.51. The second-order valence-corrected chi connectivity index (χ2v) is 5.36. The van der Waals surface area contributed by atoms with Crippen molar-refractivity contribution in [3.8, 4) is 0 Å². The van der Waals surface area contributed by atoms with Crippen LogP contribution >= 0.6 is 15.9 Å². The van der Waals surface area contributed by atoms with E-state index in [-0.39, 0.29) is 10.0 Å². The van der Waals surface area contributed by atoms with E-state index in [1.807, 2.05) is 0 Å². The summed E-state index contributed by atoms with van der Waals surface area (Å²) in [6.07, 6.45) is -5.65. The van der Waals surface area contributed by atoms with Crippen LogP contribution in [0.15, 0.2) is 40.9 Å². The third-order valence-electron chi connectivity index (χ3n) is 2.86. The molecule has 2 aromatic carbocycles. The number of hydrogen-bond acceptors (Lipinski definition) is 1. The molecule has 24 heavy (non-hydrogen) atoms. The largest absolute Gasteiger partial charge is 0.294 e. The first-order valence-corrected chi connectivity index (χ1v) is 7.25. The molecule has 0 N–H and O–H groups in total. The molecule has 2 aromatic rings. The van der Waals surface area contributed by atoms with Gasteiger partial charge in [0, 0.05) is 0 Å². The molecule has 0 saturated carbocycles. The number of carbonyl (C=O) groups is 1. The maximum atomic E-state index is 13.1. The zero-order chi connectivity index (χ0) is 18.4. The molecule has 0 fully saturated rings. The van der Waals surface area contributed by atoms with Crippen molar-refractivity contribution in [3.63, 3.8) is 0 Å². The van der Waals surface area contributed by atoms with Gasteiger partial charge >= 0.3 is 0 Å². The van der Waals surface area contributed by atoms with Gasteiger partial charge in [0.25, 0.3) is 12.9 Å². The van der Waals surface area contributed by atoms with E-state index in [0.717, 1.165) is 19.1 Å². The summed E-state index contributed by atoms with van der Waals surface area (Å²) in [5.41, 5.74) is -1.59. The first-order chi connectivity index (χ1) is 11.2. The molecule has 0 saturated heterocycles. The highest BCUT2D eigenvalue weighted by atomic mass is 79.9. The summed E-state index contributed by atoms with van der Waals surface area (Å²) in [6.45, 7) is 1.13. The smallest absolute Gasteiger partial charge is 0.266 e. The van der Waals surface area contributed by atoms with E-state index in [2.05, 4.69) is 15.9 Å². The molecule has 8 heteroatoms. The Labute approximate surface area is 142 Å². The number of alkyl halides is 4. The van der Waals surface area contributed by atoms with E-state index < -0.39 is 41.4 Å². The molecule has 0 spiro atoms. The van der Waals surface area contributed by atoms with Crippen LogP contribution in [-0.4, -0.2) is 5.78 Å². The normalized spacial score (nSPS) is 10.6. The topological polar surface area (TPSA) is 17.1 Å². The van der Waals surface area contributed by atoms with Crippen molar-refractivity contribution in [3.05, 3.63) is 69.2 Å². The van der Waals surface area contributed by atoms with Crippen molar-refractivity contribution >= 4 is 21.7 Å². The number of halogens is 7. The van der Waals surface area contributed by atoms with Crippen molar-refractivity contribution in [2.24, 2.45) is 0 Å². The van der Waals surface area contributed by atoms with Crippen LogP contribution in [0.4, 0.5) is 26.3 Å². The predicted octanol–water partition coefficient (Wildman–Crippen LogP) is 6.49. The van der Waals surface area contributed by atoms with Crippen molar-refractivity contribution in [1.29, 1.82) is 0 Å². The fourth-order valence-electron chi connectivity index (χ4n) is 1.68. The average Bonchev–Trinajstić information content (AvgIpc) is 2.50. The van der Waals surface area contributed by atoms with Crippen LogP contribution in [0.25, 0.3) is 0 Å². The Morgan fingerprint density at radius 2 is 1.33 bits per heavy atom. The molecular formula is C16H11BrF6O. The summed E-state index contributed by atoms with van der Waals surface area (Å²) in [7, 11) is 0. The van der Waals surface area contributed by atoms with Gasteiger partial charge in [0.05, 0.1) is 21.2 Å². The first kappa shape index (κ1) is 20.2. The van der Waals surface area contributed by atoms with Crippen molar-refractivity contribution in [2.75, 3.05) is 0 Å². The molecule has 0 aliphatic rings. The van der Waals surface area contributed by atoms with E-state index >= 15 is 0 Å². The SMILES string of the molecule is CC(=O)c1cccc(C(F)F)c1F.Fc1c(Br)cccc1C(F)F. The standard InChI is InChI=1S/C9H7F3O.C7H4BrF3/c1-5(13)6-3-2-4-7(8(6)10)9(11)12;8-5-3-1-2-4(6(5)9)7(10)11/h2-4,9H,1H3;1-3,7H. The molecule has 0 unspecified atom stereocenters. The molecule has 0 heterocycles. The van der Waals surface area contributed by atoms with Gasteiger partial charge < -0.3 is 0 Å². The summed E-state index contributed by atoms with van der Waals surface area (Å²) in [5.74, 6) is -2.56. The van der Waals surface area contributed by atoms with Gasteiger partial charge in [0.1, 0.15) is 11.6 Å². The van der Waals surface area contributed by atoms with Crippen LogP contribution in [0.2, 0.25) is 0 Å². The zero-order valence-electron chi connectivity index (χ0n) is 12.2. The van der Waals surface area contributed by atoms with Crippen LogP contribution in [0.3, 0.4) is 0 Å². The van der Waals surface area contributed by atoms with Crippen molar-refractivity contribution in [2.45, 2.75) is 19.8 Å². The fraction of sp³-hybridized carbons (Fsp3) is 0.188. The summed E-state index contributed by atoms with van der Waals surface area (Å²) in [4.78, 5) is 10.8.